The number of hydrogen-bond acceptors (Lipinski definition) is 3. The van der Waals surface area contributed by atoms with Gasteiger partial charge in [-0.25, -0.2) is 0 Å². The van der Waals surface area contributed by atoms with E-state index < -0.39 is 10.2 Å². The molecule has 0 saturated carbocycles. The molecule has 0 amide bonds. The Morgan fingerprint density at radius 1 is 1.20 bits per heavy atom. The van der Waals surface area contributed by atoms with Gasteiger partial charge in [0.05, 0.1) is 12.7 Å². The third-order valence-electron chi connectivity index (χ3n) is 3.94. The molecule has 1 atom stereocenters. The first-order valence-electron chi connectivity index (χ1n) is 7.08. The number of nitrogens with zero attached hydrogens (tertiary/aromatic N) is 1. The van der Waals surface area contributed by atoms with Gasteiger partial charge in [0.2, 0.25) is 0 Å². The Morgan fingerprint density at radius 2 is 1.90 bits per heavy atom. The summed E-state index contributed by atoms with van der Waals surface area (Å²) in [6, 6.07) is 8.15. The highest BCUT2D eigenvalue weighted by Crippen LogP contribution is 2.20. The smallest absolute Gasteiger partial charge is 0.279 e. The summed E-state index contributed by atoms with van der Waals surface area (Å²) in [6.07, 6.45) is 2.59. The Kier molecular flexibility index (Phi) is 4.07. The predicted octanol–water partition coefficient (Wildman–Crippen LogP) is 1.06. The molecule has 1 aromatic carbocycles. The Bertz CT molecular complexity index is 568. The molecular formula is C14H20N2O3S. The van der Waals surface area contributed by atoms with Gasteiger partial charge in [-0.05, 0) is 24.0 Å². The maximum Gasteiger partial charge on any atom is 0.279 e. The van der Waals surface area contributed by atoms with E-state index in [2.05, 4.69) is 16.9 Å². The molecule has 0 aromatic heterocycles. The zero-order valence-electron chi connectivity index (χ0n) is 11.4. The largest absolute Gasteiger partial charge is 0.372 e. The van der Waals surface area contributed by atoms with Gasteiger partial charge in [-0.1, -0.05) is 24.3 Å². The quantitative estimate of drug-likeness (QED) is 0.904. The van der Waals surface area contributed by atoms with Gasteiger partial charge in [-0.2, -0.15) is 17.4 Å². The van der Waals surface area contributed by atoms with Crippen molar-refractivity contribution in [3.63, 3.8) is 0 Å². The normalized spacial score (nSPS) is 23.7. The third kappa shape index (κ3) is 3.03. The fraction of sp³-hybridized carbons (Fsp3) is 0.571. The van der Waals surface area contributed by atoms with Crippen molar-refractivity contribution in [2.75, 3.05) is 19.6 Å². The van der Waals surface area contributed by atoms with E-state index in [1.807, 2.05) is 12.1 Å². The Labute approximate surface area is 120 Å². The summed E-state index contributed by atoms with van der Waals surface area (Å²) in [4.78, 5) is 0. The van der Waals surface area contributed by atoms with Crippen molar-refractivity contribution >= 4 is 10.2 Å². The maximum atomic E-state index is 12.1. The molecule has 0 spiro atoms. The summed E-state index contributed by atoms with van der Waals surface area (Å²) in [5, 5.41) is 0. The number of hydrogen-bond donors (Lipinski definition) is 1. The van der Waals surface area contributed by atoms with Gasteiger partial charge in [0.15, 0.2) is 0 Å². The molecule has 2 aliphatic rings. The number of fused-ring (bicyclic) bond motifs is 1. The second kappa shape index (κ2) is 5.81. The lowest BCUT2D eigenvalue weighted by Gasteiger charge is -2.26. The fourth-order valence-corrected chi connectivity index (χ4v) is 4.08. The zero-order chi connectivity index (χ0) is 14.0. The number of nitrogens with one attached hydrogen (secondary N) is 1. The van der Waals surface area contributed by atoms with Crippen LogP contribution in [0.2, 0.25) is 0 Å². The molecule has 1 unspecified atom stereocenters. The van der Waals surface area contributed by atoms with Gasteiger partial charge in [0, 0.05) is 26.1 Å². The van der Waals surface area contributed by atoms with Crippen LogP contribution in [0.3, 0.4) is 0 Å². The molecule has 20 heavy (non-hydrogen) atoms. The van der Waals surface area contributed by atoms with Gasteiger partial charge < -0.3 is 4.74 Å². The van der Waals surface area contributed by atoms with Crippen LogP contribution < -0.4 is 4.72 Å². The van der Waals surface area contributed by atoms with Crippen LogP contribution in [0.15, 0.2) is 24.3 Å². The third-order valence-corrected chi connectivity index (χ3v) is 5.52. The van der Waals surface area contributed by atoms with Crippen LogP contribution in [0.1, 0.15) is 24.0 Å². The molecular weight excluding hydrogens is 276 g/mol. The Morgan fingerprint density at radius 3 is 2.65 bits per heavy atom. The molecule has 6 heteroatoms. The average molecular weight is 296 g/mol. The first kappa shape index (κ1) is 14.0. The minimum absolute atomic E-state index is 0.0812. The molecule has 0 aliphatic carbocycles. The lowest BCUT2D eigenvalue weighted by Crippen LogP contribution is -2.43. The molecule has 110 valence electrons. The van der Waals surface area contributed by atoms with Crippen molar-refractivity contribution in [2.24, 2.45) is 0 Å². The number of ether oxygens (including phenoxy) is 1. The van der Waals surface area contributed by atoms with E-state index in [4.69, 9.17) is 4.74 Å². The fourth-order valence-electron chi connectivity index (χ4n) is 2.76. The minimum Gasteiger partial charge on any atom is -0.372 e. The van der Waals surface area contributed by atoms with Crippen molar-refractivity contribution < 1.29 is 13.2 Å². The predicted molar refractivity (Wildman–Crippen MR) is 76.5 cm³/mol. The summed E-state index contributed by atoms with van der Waals surface area (Å²) >= 11 is 0. The monoisotopic (exact) mass is 296 g/mol. The summed E-state index contributed by atoms with van der Waals surface area (Å²) in [5.74, 6) is 0. The van der Waals surface area contributed by atoms with Crippen molar-refractivity contribution in [1.82, 2.24) is 9.03 Å². The summed E-state index contributed by atoms with van der Waals surface area (Å²) < 4.78 is 34.1. The first-order valence-corrected chi connectivity index (χ1v) is 8.52. The average Bonchev–Trinajstić information content (AvgIpc) is 3.00. The van der Waals surface area contributed by atoms with Crippen LogP contribution in [0.5, 0.6) is 0 Å². The molecule has 2 heterocycles. The molecule has 3 rings (SSSR count). The van der Waals surface area contributed by atoms with Crippen LogP contribution in [0.4, 0.5) is 0 Å². The van der Waals surface area contributed by atoms with Crippen LogP contribution in [-0.2, 0) is 28.0 Å². The van der Waals surface area contributed by atoms with Crippen molar-refractivity contribution in [1.29, 1.82) is 0 Å². The van der Waals surface area contributed by atoms with E-state index in [9.17, 15) is 8.42 Å². The summed E-state index contributed by atoms with van der Waals surface area (Å²) in [7, 11) is -3.33. The van der Waals surface area contributed by atoms with Gasteiger partial charge in [0.25, 0.3) is 10.2 Å². The lowest BCUT2D eigenvalue weighted by atomic mass is 9.99. The van der Waals surface area contributed by atoms with Crippen LogP contribution in [0.25, 0.3) is 0 Å². The summed E-state index contributed by atoms with van der Waals surface area (Å²) in [5.41, 5.74) is 2.45. The number of rotatable bonds is 4. The van der Waals surface area contributed by atoms with Gasteiger partial charge in [-0.15, -0.1) is 0 Å². The Hall–Kier alpha value is -0.950. The van der Waals surface area contributed by atoms with Crippen molar-refractivity contribution in [3.05, 3.63) is 35.4 Å². The van der Waals surface area contributed by atoms with Crippen LogP contribution >= 0.6 is 0 Å². The van der Waals surface area contributed by atoms with Gasteiger partial charge in [0.1, 0.15) is 0 Å². The zero-order valence-corrected chi connectivity index (χ0v) is 12.2. The van der Waals surface area contributed by atoms with Gasteiger partial charge >= 0.3 is 0 Å². The highest BCUT2D eigenvalue weighted by atomic mass is 32.2. The lowest BCUT2D eigenvalue weighted by molar-refractivity contribution is 0.0320. The second-order valence-electron chi connectivity index (χ2n) is 5.37. The van der Waals surface area contributed by atoms with E-state index in [1.54, 1.807) is 0 Å². The van der Waals surface area contributed by atoms with Crippen molar-refractivity contribution in [2.45, 2.75) is 32.0 Å². The van der Waals surface area contributed by atoms with Crippen molar-refractivity contribution in [3.8, 4) is 0 Å². The molecule has 1 N–H and O–H groups in total. The molecule has 5 nitrogen and oxygen atoms in total. The highest BCUT2D eigenvalue weighted by Gasteiger charge is 2.27. The van der Waals surface area contributed by atoms with E-state index >= 15 is 0 Å². The number of benzene rings is 1. The van der Waals surface area contributed by atoms with E-state index in [-0.39, 0.29) is 6.10 Å². The van der Waals surface area contributed by atoms with Crippen LogP contribution in [0, 0.1) is 0 Å². The van der Waals surface area contributed by atoms with E-state index in [0.717, 1.165) is 19.3 Å². The molecule has 1 fully saturated rings. The molecule has 1 aromatic rings. The molecule has 1 saturated heterocycles. The molecule has 0 bridgehead atoms. The topological polar surface area (TPSA) is 58.6 Å². The van der Waals surface area contributed by atoms with E-state index in [0.29, 0.717) is 26.2 Å². The van der Waals surface area contributed by atoms with Gasteiger partial charge in [-0.3, -0.25) is 0 Å². The second-order valence-corrected chi connectivity index (χ2v) is 7.12. The Balaban J connectivity index is 1.57. The molecule has 0 radical (unpaired) electrons. The van der Waals surface area contributed by atoms with E-state index in [1.165, 1.54) is 15.4 Å². The van der Waals surface area contributed by atoms with Crippen LogP contribution in [-0.4, -0.2) is 38.5 Å². The highest BCUT2D eigenvalue weighted by molar-refractivity contribution is 7.87. The SMILES string of the molecule is O=S(=O)(NCC1Cc2ccccc2CO1)N1CCCC1. The molecule has 2 aliphatic heterocycles. The summed E-state index contributed by atoms with van der Waals surface area (Å²) in [6.45, 7) is 2.16. The first-order chi connectivity index (χ1) is 9.65. The standard InChI is InChI=1S/C14H20N2O3S/c17-20(18,16-7-3-4-8-16)15-10-14-9-12-5-1-2-6-13(12)11-19-14/h1-2,5-6,14-15H,3-4,7-11H2. The minimum atomic E-state index is -3.33. The maximum absolute atomic E-state index is 12.1.